The van der Waals surface area contributed by atoms with Crippen LogP contribution >= 0.6 is 0 Å². The summed E-state index contributed by atoms with van der Waals surface area (Å²) in [6.45, 7) is 2.33. The van der Waals surface area contributed by atoms with Crippen LogP contribution in [0.25, 0.3) is 11.0 Å². The predicted molar refractivity (Wildman–Crippen MR) is 90.0 cm³/mol. The fraction of sp³-hybridized carbons (Fsp3) is 0.353. The molecule has 1 saturated heterocycles. The number of halogens is 1. The molecule has 1 aliphatic rings. The van der Waals surface area contributed by atoms with E-state index in [9.17, 15) is 9.18 Å². The summed E-state index contributed by atoms with van der Waals surface area (Å²) in [7, 11) is 0. The summed E-state index contributed by atoms with van der Waals surface area (Å²) in [4.78, 5) is 22.8. The van der Waals surface area contributed by atoms with Crippen molar-refractivity contribution in [3.63, 3.8) is 0 Å². The first-order chi connectivity index (χ1) is 12.2. The average Bonchev–Trinajstić information content (AvgIpc) is 2.68. The van der Waals surface area contributed by atoms with Crippen LogP contribution in [0.4, 0.5) is 4.39 Å². The normalized spacial score (nSPS) is 15.4. The van der Waals surface area contributed by atoms with Gasteiger partial charge in [0.25, 0.3) is 5.91 Å². The molecule has 1 aromatic heterocycles. The lowest BCUT2D eigenvalue weighted by Gasteiger charge is -2.26. The lowest BCUT2D eigenvalue weighted by molar-refractivity contribution is 0.0299. The van der Waals surface area contributed by atoms with Gasteiger partial charge in [0.2, 0.25) is 0 Å². The molecule has 0 saturated carbocycles. The Morgan fingerprint density at radius 1 is 1.36 bits per heavy atom. The van der Waals surface area contributed by atoms with Gasteiger partial charge in [-0.15, -0.1) is 0 Å². The second-order valence-electron chi connectivity index (χ2n) is 5.57. The zero-order valence-electron chi connectivity index (χ0n) is 13.7. The van der Waals surface area contributed by atoms with Gasteiger partial charge in [0.05, 0.1) is 36.8 Å². The van der Waals surface area contributed by atoms with Gasteiger partial charge in [-0.25, -0.2) is 9.37 Å². The molecule has 2 aromatic rings. The summed E-state index contributed by atoms with van der Waals surface area (Å²) >= 11 is 0. The number of morpholine rings is 1. The van der Waals surface area contributed by atoms with Crippen molar-refractivity contribution in [1.29, 1.82) is 0 Å². The van der Waals surface area contributed by atoms with E-state index in [1.807, 2.05) is 0 Å². The molecule has 7 nitrogen and oxygen atoms in total. The molecule has 1 aliphatic heterocycles. The summed E-state index contributed by atoms with van der Waals surface area (Å²) < 4.78 is 23.2. The molecule has 1 fully saturated rings. The van der Waals surface area contributed by atoms with Crippen molar-refractivity contribution < 1.29 is 18.7 Å². The minimum absolute atomic E-state index is 0.0690. The van der Waals surface area contributed by atoms with E-state index in [-0.39, 0.29) is 19.1 Å². The Morgan fingerprint density at radius 2 is 2.16 bits per heavy atom. The second-order valence-corrected chi connectivity index (χ2v) is 5.57. The number of ether oxygens (including phenoxy) is 2. The van der Waals surface area contributed by atoms with Gasteiger partial charge in [0, 0.05) is 31.3 Å². The molecule has 0 atom stereocenters. The number of nitrogens with zero attached hydrogens (tertiary/aromatic N) is 3. The lowest BCUT2D eigenvalue weighted by Crippen LogP contribution is -2.41. The van der Waals surface area contributed by atoms with E-state index >= 15 is 0 Å². The molecule has 0 aliphatic carbocycles. The molecule has 0 spiro atoms. The first-order valence-corrected chi connectivity index (χ1v) is 7.96. The van der Waals surface area contributed by atoms with Crippen LogP contribution < -0.4 is 10.5 Å². The molecule has 1 amide bonds. The number of aromatic nitrogens is 2. The van der Waals surface area contributed by atoms with Gasteiger partial charge in [0.1, 0.15) is 18.1 Å². The number of hydrogen-bond acceptors (Lipinski definition) is 6. The van der Waals surface area contributed by atoms with E-state index in [1.54, 1.807) is 23.1 Å². The minimum atomic E-state index is -0.154. The molecular formula is C17H19FN4O3. The van der Waals surface area contributed by atoms with E-state index in [2.05, 4.69) is 9.97 Å². The number of amides is 1. The topological polar surface area (TPSA) is 90.6 Å². The van der Waals surface area contributed by atoms with E-state index < -0.39 is 0 Å². The standard InChI is InChI=1S/C17H19FN4O3/c18-8-12(9-19)11-25-13-1-2-14-15(7-13)20-10-16(21-14)17(23)22-3-5-24-6-4-22/h1-2,7-8,10H,3-6,9,11,19H2/b12-8+. The number of carbonyl (C=O) groups excluding carboxylic acids is 1. The molecule has 2 heterocycles. The highest BCUT2D eigenvalue weighted by Gasteiger charge is 2.20. The maximum atomic E-state index is 12.5. The molecule has 8 heteroatoms. The Hall–Kier alpha value is -2.58. The van der Waals surface area contributed by atoms with E-state index in [4.69, 9.17) is 15.2 Å². The molecule has 0 bridgehead atoms. The largest absolute Gasteiger partial charge is 0.489 e. The van der Waals surface area contributed by atoms with Crippen LogP contribution in [0.1, 0.15) is 10.5 Å². The highest BCUT2D eigenvalue weighted by atomic mass is 19.1. The Morgan fingerprint density at radius 3 is 2.88 bits per heavy atom. The summed E-state index contributed by atoms with van der Waals surface area (Å²) in [5.74, 6) is 0.376. The lowest BCUT2D eigenvalue weighted by atomic mass is 10.2. The first kappa shape index (κ1) is 17.2. The van der Waals surface area contributed by atoms with Gasteiger partial charge < -0.3 is 20.1 Å². The number of hydrogen-bond donors (Lipinski definition) is 1. The van der Waals surface area contributed by atoms with Gasteiger partial charge in [0.15, 0.2) is 0 Å². The number of fused-ring (bicyclic) bond motifs is 1. The SMILES string of the molecule is NC/C(=C\F)COc1ccc2nc(C(=O)N3CCOCC3)cnc2c1. The zero-order valence-corrected chi connectivity index (χ0v) is 13.7. The van der Waals surface area contributed by atoms with Crippen LogP contribution in [0.3, 0.4) is 0 Å². The van der Waals surface area contributed by atoms with Gasteiger partial charge in [-0.2, -0.15) is 0 Å². The molecule has 25 heavy (non-hydrogen) atoms. The van der Waals surface area contributed by atoms with Crippen LogP contribution in [0.15, 0.2) is 36.3 Å². The van der Waals surface area contributed by atoms with Gasteiger partial charge >= 0.3 is 0 Å². The Labute approximate surface area is 144 Å². The third-order valence-electron chi connectivity index (χ3n) is 3.87. The van der Waals surface area contributed by atoms with E-state index in [0.717, 1.165) is 0 Å². The summed E-state index contributed by atoms with van der Waals surface area (Å²) in [5, 5.41) is 0. The second kappa shape index (κ2) is 8.00. The highest BCUT2D eigenvalue weighted by Crippen LogP contribution is 2.19. The third-order valence-corrected chi connectivity index (χ3v) is 3.87. The minimum Gasteiger partial charge on any atom is -0.489 e. The maximum Gasteiger partial charge on any atom is 0.274 e. The van der Waals surface area contributed by atoms with E-state index in [0.29, 0.717) is 60.7 Å². The van der Waals surface area contributed by atoms with Gasteiger partial charge in [-0.1, -0.05) is 0 Å². The fourth-order valence-electron chi connectivity index (χ4n) is 2.42. The van der Waals surface area contributed by atoms with Crippen LogP contribution in [0.5, 0.6) is 5.75 Å². The number of rotatable bonds is 5. The number of benzene rings is 1. The number of nitrogens with two attached hydrogens (primary N) is 1. The predicted octanol–water partition coefficient (Wildman–Crippen LogP) is 1.29. The first-order valence-electron chi connectivity index (χ1n) is 7.96. The molecule has 1 aromatic carbocycles. The monoisotopic (exact) mass is 346 g/mol. The Balaban J connectivity index is 1.75. The van der Waals surface area contributed by atoms with Crippen molar-refractivity contribution in [2.45, 2.75) is 0 Å². The van der Waals surface area contributed by atoms with Crippen LogP contribution in [0.2, 0.25) is 0 Å². The number of carbonyl (C=O) groups is 1. The molecule has 0 unspecified atom stereocenters. The van der Waals surface area contributed by atoms with Crippen molar-refractivity contribution in [2.75, 3.05) is 39.5 Å². The van der Waals surface area contributed by atoms with Crippen molar-refractivity contribution >= 4 is 16.9 Å². The van der Waals surface area contributed by atoms with Gasteiger partial charge in [-0.05, 0) is 12.1 Å². The molecule has 0 radical (unpaired) electrons. The van der Waals surface area contributed by atoms with Crippen LogP contribution in [-0.2, 0) is 4.74 Å². The van der Waals surface area contributed by atoms with Crippen molar-refractivity contribution in [1.82, 2.24) is 14.9 Å². The molecular weight excluding hydrogens is 327 g/mol. The Kier molecular flexibility index (Phi) is 5.52. The van der Waals surface area contributed by atoms with E-state index in [1.165, 1.54) is 6.20 Å². The van der Waals surface area contributed by atoms with Crippen LogP contribution in [-0.4, -0.2) is 60.2 Å². The fourth-order valence-corrected chi connectivity index (χ4v) is 2.42. The van der Waals surface area contributed by atoms with Crippen molar-refractivity contribution in [3.8, 4) is 5.75 Å². The third kappa shape index (κ3) is 4.09. The maximum absolute atomic E-state index is 12.5. The molecule has 3 rings (SSSR count). The summed E-state index contributed by atoms with van der Waals surface area (Å²) in [6, 6.07) is 5.11. The zero-order chi connectivity index (χ0) is 17.6. The molecule has 2 N–H and O–H groups in total. The average molecular weight is 346 g/mol. The van der Waals surface area contributed by atoms with Crippen LogP contribution in [0, 0.1) is 0 Å². The summed E-state index contributed by atoms with van der Waals surface area (Å²) in [5.41, 5.74) is 7.23. The quantitative estimate of drug-likeness (QED) is 0.877. The smallest absolute Gasteiger partial charge is 0.274 e. The van der Waals surface area contributed by atoms with Crippen molar-refractivity contribution in [3.05, 3.63) is 42.0 Å². The Bertz CT molecular complexity index is 791. The van der Waals surface area contributed by atoms with Crippen molar-refractivity contribution in [2.24, 2.45) is 5.73 Å². The van der Waals surface area contributed by atoms with Gasteiger partial charge in [-0.3, -0.25) is 9.78 Å². The molecule has 132 valence electrons. The summed E-state index contributed by atoms with van der Waals surface area (Å²) in [6.07, 6.45) is 1.90. The highest BCUT2D eigenvalue weighted by molar-refractivity contribution is 5.94.